The summed E-state index contributed by atoms with van der Waals surface area (Å²) in [6, 6.07) is 43.7. The summed E-state index contributed by atoms with van der Waals surface area (Å²) < 4.78 is 6.32. The normalized spacial score (nSPS) is 11.7. The average Bonchev–Trinajstić information content (AvgIpc) is 3.15. The van der Waals surface area contributed by atoms with Crippen molar-refractivity contribution in [3.8, 4) is 5.75 Å². The minimum atomic E-state index is -1.22. The highest BCUT2D eigenvalue weighted by Gasteiger charge is 2.19. The molecule has 0 aliphatic heterocycles. The molecule has 5 aromatic carbocycles. The SMILES string of the molecule is O=C(O)CCCCN(CCc1ccccc1OCc1ccc(CCc2ccccc2)cc1)Cc1ccc(C(O)C(=O)c2ccccc2)cc1. The quantitative estimate of drug-likeness (QED) is 0.0688. The predicted octanol–water partition coefficient (Wildman–Crippen LogP) is 8.27. The Bertz CT molecular complexity index is 1740. The van der Waals surface area contributed by atoms with Crippen LogP contribution in [0.15, 0.2) is 133 Å². The van der Waals surface area contributed by atoms with E-state index in [2.05, 4.69) is 59.5 Å². The molecule has 2 N–H and O–H groups in total. The van der Waals surface area contributed by atoms with E-state index < -0.39 is 12.1 Å². The number of hydrogen-bond acceptors (Lipinski definition) is 5. The number of para-hydroxylation sites is 1. The second-order valence-corrected chi connectivity index (χ2v) is 12.4. The van der Waals surface area contributed by atoms with Gasteiger partial charge in [-0.05, 0) is 78.1 Å². The number of carbonyl (C=O) groups is 2. The van der Waals surface area contributed by atoms with Gasteiger partial charge in [-0.2, -0.15) is 0 Å². The molecule has 0 radical (unpaired) electrons. The van der Waals surface area contributed by atoms with E-state index in [0.717, 1.165) is 61.2 Å². The summed E-state index contributed by atoms with van der Waals surface area (Å²) in [6.45, 7) is 2.67. The van der Waals surface area contributed by atoms with Crippen LogP contribution in [0.2, 0.25) is 0 Å². The molecular weight excluding hydrogens is 610 g/mol. The van der Waals surface area contributed by atoms with Crippen LogP contribution in [0, 0.1) is 0 Å². The van der Waals surface area contributed by atoms with Crippen LogP contribution in [0.3, 0.4) is 0 Å². The van der Waals surface area contributed by atoms with Crippen LogP contribution >= 0.6 is 0 Å². The van der Waals surface area contributed by atoms with Crippen LogP contribution in [0.25, 0.3) is 0 Å². The number of aliphatic hydroxyl groups is 1. The topological polar surface area (TPSA) is 87.1 Å². The highest BCUT2D eigenvalue weighted by molar-refractivity contribution is 5.99. The number of aliphatic hydroxyl groups excluding tert-OH is 1. The number of unbranched alkanes of at least 4 members (excludes halogenated alkanes) is 1. The minimum Gasteiger partial charge on any atom is -0.489 e. The Morgan fingerprint density at radius 1 is 0.612 bits per heavy atom. The lowest BCUT2D eigenvalue weighted by molar-refractivity contribution is -0.137. The van der Waals surface area contributed by atoms with Crippen LogP contribution in [0.5, 0.6) is 5.75 Å². The summed E-state index contributed by atoms with van der Waals surface area (Å²) >= 11 is 0. The number of benzene rings is 5. The number of nitrogens with zero attached hydrogens (tertiary/aromatic N) is 1. The number of carboxylic acids is 1. The third-order valence-corrected chi connectivity index (χ3v) is 8.76. The third-order valence-electron chi connectivity index (χ3n) is 8.76. The maximum atomic E-state index is 12.7. The number of hydrogen-bond donors (Lipinski definition) is 2. The number of ketones is 1. The van der Waals surface area contributed by atoms with Gasteiger partial charge in [-0.15, -0.1) is 0 Å². The van der Waals surface area contributed by atoms with Gasteiger partial charge < -0.3 is 14.9 Å². The van der Waals surface area contributed by atoms with Crippen LogP contribution in [-0.2, 0) is 37.2 Å². The molecule has 0 aromatic heterocycles. The second kappa shape index (κ2) is 18.5. The van der Waals surface area contributed by atoms with Gasteiger partial charge in [-0.1, -0.05) is 127 Å². The number of aliphatic carboxylic acids is 1. The molecule has 5 aromatic rings. The van der Waals surface area contributed by atoms with Crippen LogP contribution in [-0.4, -0.2) is 40.0 Å². The molecule has 0 fully saturated rings. The Labute approximate surface area is 289 Å². The number of rotatable bonds is 19. The van der Waals surface area contributed by atoms with Crippen molar-refractivity contribution >= 4 is 11.8 Å². The molecule has 0 saturated heterocycles. The first kappa shape index (κ1) is 35.3. The first-order valence-electron chi connectivity index (χ1n) is 17.1. The zero-order chi connectivity index (χ0) is 34.3. The lowest BCUT2D eigenvalue weighted by Gasteiger charge is -2.23. The smallest absolute Gasteiger partial charge is 0.303 e. The summed E-state index contributed by atoms with van der Waals surface area (Å²) in [5, 5.41) is 19.8. The Balaban J connectivity index is 1.17. The predicted molar refractivity (Wildman–Crippen MR) is 194 cm³/mol. The summed E-state index contributed by atoms with van der Waals surface area (Å²) in [7, 11) is 0. The standard InChI is InChI=1S/C43H45NO5/c45-41(46)17-9-10-29-44(31-35-24-26-39(27-25-35)43(48)42(47)38-14-5-2-6-15-38)30-28-37-13-7-8-16-40(37)49-32-36-22-20-34(21-23-36)19-18-33-11-3-1-4-12-33/h1-8,11-16,20-27,43,48H,9-10,17-19,28-32H2,(H,45,46). The summed E-state index contributed by atoms with van der Waals surface area (Å²) in [6.07, 6.45) is 3.11. The van der Waals surface area contributed by atoms with Crippen molar-refractivity contribution in [2.45, 2.75) is 57.8 Å². The van der Waals surface area contributed by atoms with E-state index in [0.29, 0.717) is 30.7 Å². The molecule has 0 bridgehead atoms. The molecule has 0 amide bonds. The van der Waals surface area contributed by atoms with Crippen molar-refractivity contribution in [1.82, 2.24) is 4.90 Å². The van der Waals surface area contributed by atoms with E-state index >= 15 is 0 Å². The molecule has 1 atom stereocenters. The zero-order valence-electron chi connectivity index (χ0n) is 27.9. The van der Waals surface area contributed by atoms with Crippen molar-refractivity contribution in [1.29, 1.82) is 0 Å². The van der Waals surface area contributed by atoms with E-state index in [1.54, 1.807) is 24.3 Å². The molecule has 49 heavy (non-hydrogen) atoms. The molecule has 0 aliphatic rings. The Kier molecular flexibility index (Phi) is 13.3. The van der Waals surface area contributed by atoms with Gasteiger partial charge in [0.25, 0.3) is 0 Å². The highest BCUT2D eigenvalue weighted by Crippen LogP contribution is 2.23. The fourth-order valence-corrected chi connectivity index (χ4v) is 5.88. The molecule has 0 saturated carbocycles. The van der Waals surface area contributed by atoms with Crippen LogP contribution < -0.4 is 4.74 Å². The molecule has 5 rings (SSSR count). The van der Waals surface area contributed by atoms with Crippen LogP contribution in [0.4, 0.5) is 0 Å². The van der Waals surface area contributed by atoms with Crippen molar-refractivity contribution in [3.05, 3.63) is 172 Å². The summed E-state index contributed by atoms with van der Waals surface area (Å²) in [5.74, 6) is -0.244. The lowest BCUT2D eigenvalue weighted by Crippen LogP contribution is -2.27. The Morgan fingerprint density at radius 3 is 1.90 bits per heavy atom. The second-order valence-electron chi connectivity index (χ2n) is 12.4. The van der Waals surface area contributed by atoms with Gasteiger partial charge in [-0.25, -0.2) is 0 Å². The van der Waals surface area contributed by atoms with Crippen molar-refractivity contribution in [2.75, 3.05) is 13.1 Å². The first-order chi connectivity index (χ1) is 23.9. The minimum absolute atomic E-state index is 0.153. The number of aryl methyl sites for hydroxylation is 2. The van der Waals surface area contributed by atoms with Gasteiger partial charge in [0.05, 0.1) is 0 Å². The van der Waals surface area contributed by atoms with Gasteiger partial charge in [0.15, 0.2) is 5.78 Å². The third kappa shape index (κ3) is 11.3. The largest absolute Gasteiger partial charge is 0.489 e. The Morgan fingerprint density at radius 2 is 1.20 bits per heavy atom. The molecule has 0 heterocycles. The zero-order valence-corrected chi connectivity index (χ0v) is 27.9. The fraction of sp³-hybridized carbons (Fsp3) is 0.256. The van der Waals surface area contributed by atoms with Gasteiger partial charge in [0.2, 0.25) is 0 Å². The molecule has 0 spiro atoms. The summed E-state index contributed by atoms with van der Waals surface area (Å²) in [4.78, 5) is 26.2. The molecule has 0 aliphatic carbocycles. The first-order valence-corrected chi connectivity index (χ1v) is 17.1. The van der Waals surface area contributed by atoms with E-state index in [9.17, 15) is 14.7 Å². The van der Waals surface area contributed by atoms with E-state index in [1.165, 1.54) is 11.1 Å². The number of carbonyl (C=O) groups excluding carboxylic acids is 1. The van der Waals surface area contributed by atoms with Crippen molar-refractivity contribution in [3.63, 3.8) is 0 Å². The maximum absolute atomic E-state index is 12.7. The maximum Gasteiger partial charge on any atom is 0.303 e. The molecule has 6 nitrogen and oxygen atoms in total. The fourth-order valence-electron chi connectivity index (χ4n) is 5.88. The van der Waals surface area contributed by atoms with Crippen molar-refractivity contribution < 1.29 is 24.5 Å². The van der Waals surface area contributed by atoms with Gasteiger partial charge in [-0.3, -0.25) is 14.5 Å². The highest BCUT2D eigenvalue weighted by atomic mass is 16.5. The van der Waals surface area contributed by atoms with E-state index in [1.807, 2.05) is 54.6 Å². The number of ether oxygens (including phenoxy) is 1. The molecule has 1 unspecified atom stereocenters. The monoisotopic (exact) mass is 655 g/mol. The van der Waals surface area contributed by atoms with Crippen molar-refractivity contribution in [2.24, 2.45) is 0 Å². The van der Waals surface area contributed by atoms with E-state index in [-0.39, 0.29) is 12.2 Å². The van der Waals surface area contributed by atoms with E-state index in [4.69, 9.17) is 9.84 Å². The molecule has 6 heteroatoms. The van der Waals surface area contributed by atoms with Gasteiger partial charge in [0, 0.05) is 25.1 Å². The van der Waals surface area contributed by atoms with Gasteiger partial charge in [0.1, 0.15) is 18.5 Å². The van der Waals surface area contributed by atoms with Crippen LogP contribution in [0.1, 0.15) is 69.1 Å². The summed E-state index contributed by atoms with van der Waals surface area (Å²) in [5.41, 5.74) is 6.98. The molecular formula is C43H45NO5. The number of Topliss-reactive ketones (excluding diaryl/α,β-unsaturated/α-hetero) is 1. The number of carboxylic acid groups (broad SMARTS) is 1. The Hall–Kier alpha value is -5.04. The van der Waals surface area contributed by atoms with Gasteiger partial charge >= 0.3 is 5.97 Å². The molecule has 252 valence electrons. The average molecular weight is 656 g/mol. The lowest BCUT2D eigenvalue weighted by atomic mass is 9.99.